The number of fused-ring (bicyclic) bond motifs is 1. The lowest BCUT2D eigenvalue weighted by Crippen LogP contribution is -2.30. The third-order valence-corrected chi connectivity index (χ3v) is 4.89. The molecule has 0 saturated carbocycles. The summed E-state index contributed by atoms with van der Waals surface area (Å²) in [6.45, 7) is 2.70. The molecule has 1 fully saturated rings. The number of rotatable bonds is 3. The highest BCUT2D eigenvalue weighted by atomic mass is 16.7. The van der Waals surface area contributed by atoms with Crippen LogP contribution in [0, 0.1) is 6.92 Å². The normalized spacial score (nSPS) is 18.3. The highest BCUT2D eigenvalue weighted by Crippen LogP contribution is 2.37. The van der Waals surface area contributed by atoms with Gasteiger partial charge in [0.25, 0.3) is 5.91 Å². The first kappa shape index (κ1) is 15.9. The highest BCUT2D eigenvalue weighted by molar-refractivity contribution is 5.93. The van der Waals surface area contributed by atoms with Crippen LogP contribution in [-0.4, -0.2) is 34.5 Å². The van der Waals surface area contributed by atoms with Gasteiger partial charge >= 0.3 is 0 Å². The molecule has 5 rings (SSSR count). The van der Waals surface area contributed by atoms with Crippen LogP contribution >= 0.6 is 0 Å². The Bertz CT molecular complexity index is 1010. The number of hydrogen-bond donors (Lipinski definition) is 0. The minimum absolute atomic E-state index is 0.0966. The fourth-order valence-electron chi connectivity index (χ4n) is 3.57. The van der Waals surface area contributed by atoms with Gasteiger partial charge in [-0.25, -0.2) is 0 Å². The van der Waals surface area contributed by atoms with Crippen LogP contribution in [0.2, 0.25) is 0 Å². The lowest BCUT2D eigenvalue weighted by molar-refractivity contribution is 0.0720. The topological polar surface area (TPSA) is 90.8 Å². The van der Waals surface area contributed by atoms with E-state index in [1.807, 2.05) is 31.2 Å². The van der Waals surface area contributed by atoms with Crippen molar-refractivity contribution in [2.75, 3.05) is 13.3 Å². The summed E-state index contributed by atoms with van der Waals surface area (Å²) in [6, 6.07) is 8.90. The number of hydrogen-bond acceptors (Lipinski definition) is 7. The van der Waals surface area contributed by atoms with Crippen molar-refractivity contribution < 1.29 is 23.3 Å². The monoisotopic (exact) mass is 367 g/mol. The first-order valence-corrected chi connectivity index (χ1v) is 8.80. The van der Waals surface area contributed by atoms with Crippen molar-refractivity contribution in [3.05, 3.63) is 47.5 Å². The molecule has 0 N–H and O–H groups in total. The number of benzene rings is 1. The molecule has 1 atom stereocenters. The van der Waals surface area contributed by atoms with E-state index < -0.39 is 0 Å². The molecule has 8 nitrogen and oxygen atoms in total. The zero-order chi connectivity index (χ0) is 18.4. The fourth-order valence-corrected chi connectivity index (χ4v) is 3.57. The van der Waals surface area contributed by atoms with Crippen LogP contribution in [0.1, 0.15) is 40.8 Å². The Kier molecular flexibility index (Phi) is 3.63. The van der Waals surface area contributed by atoms with E-state index >= 15 is 0 Å². The first-order chi connectivity index (χ1) is 13.2. The largest absolute Gasteiger partial charge is 0.454 e. The lowest BCUT2D eigenvalue weighted by Gasteiger charge is -2.21. The van der Waals surface area contributed by atoms with E-state index in [9.17, 15) is 4.79 Å². The Balaban J connectivity index is 1.40. The SMILES string of the molecule is Cc1cc([C@@H]2CCCN2C(=O)c2cc(-c3ccc4c(c3)OCO4)on2)no1. The second-order valence-electron chi connectivity index (χ2n) is 6.66. The molecule has 1 saturated heterocycles. The number of carbonyl (C=O) groups excluding carboxylic acids is 1. The second kappa shape index (κ2) is 6.15. The predicted octanol–water partition coefficient (Wildman–Crippen LogP) is 3.34. The maximum absolute atomic E-state index is 13.0. The van der Waals surface area contributed by atoms with Crippen molar-refractivity contribution in [1.29, 1.82) is 0 Å². The molecule has 138 valence electrons. The summed E-state index contributed by atoms with van der Waals surface area (Å²) in [4.78, 5) is 14.7. The quantitative estimate of drug-likeness (QED) is 0.701. The van der Waals surface area contributed by atoms with Gasteiger partial charge < -0.3 is 23.4 Å². The molecular formula is C19H17N3O5. The fraction of sp³-hybridized carbons (Fsp3) is 0.316. The van der Waals surface area contributed by atoms with Crippen molar-refractivity contribution >= 4 is 5.91 Å². The molecule has 1 amide bonds. The van der Waals surface area contributed by atoms with Gasteiger partial charge in [-0.05, 0) is 38.0 Å². The summed E-state index contributed by atoms with van der Waals surface area (Å²) in [6.07, 6.45) is 1.76. The molecule has 8 heteroatoms. The standard InChI is InChI=1S/C19H17N3O5/c1-11-7-13(20-26-11)15-3-2-6-22(15)19(23)14-9-17(27-21-14)12-4-5-16-18(8-12)25-10-24-16/h4-5,7-9,15H,2-3,6,10H2,1H3/t15-/m0/s1. The van der Waals surface area contributed by atoms with E-state index in [2.05, 4.69) is 10.3 Å². The highest BCUT2D eigenvalue weighted by Gasteiger charge is 2.34. The summed E-state index contributed by atoms with van der Waals surface area (Å²) in [5.74, 6) is 2.41. The summed E-state index contributed by atoms with van der Waals surface area (Å²) >= 11 is 0. The van der Waals surface area contributed by atoms with Crippen molar-refractivity contribution in [3.63, 3.8) is 0 Å². The third kappa shape index (κ3) is 2.73. The second-order valence-corrected chi connectivity index (χ2v) is 6.66. The first-order valence-electron chi connectivity index (χ1n) is 8.80. The Morgan fingerprint density at radius 3 is 2.85 bits per heavy atom. The van der Waals surface area contributed by atoms with Crippen LogP contribution in [0.5, 0.6) is 11.5 Å². The average Bonchev–Trinajstić information content (AvgIpc) is 3.45. The van der Waals surface area contributed by atoms with E-state index in [4.69, 9.17) is 18.5 Å². The smallest absolute Gasteiger partial charge is 0.276 e. The Morgan fingerprint density at radius 2 is 2.00 bits per heavy atom. The number of amides is 1. The minimum Gasteiger partial charge on any atom is -0.454 e. The van der Waals surface area contributed by atoms with E-state index in [1.165, 1.54) is 0 Å². The maximum Gasteiger partial charge on any atom is 0.276 e. The van der Waals surface area contributed by atoms with E-state index in [0.717, 1.165) is 29.9 Å². The van der Waals surface area contributed by atoms with Crippen molar-refractivity contribution in [2.24, 2.45) is 0 Å². The molecule has 0 unspecified atom stereocenters. The summed E-state index contributed by atoms with van der Waals surface area (Å²) < 4.78 is 21.3. The van der Waals surface area contributed by atoms with Crippen LogP contribution in [0.25, 0.3) is 11.3 Å². The molecule has 3 aromatic rings. The third-order valence-electron chi connectivity index (χ3n) is 4.89. The molecule has 27 heavy (non-hydrogen) atoms. The molecule has 1 aromatic carbocycles. The molecule has 0 bridgehead atoms. The number of aromatic nitrogens is 2. The number of likely N-dealkylation sites (tertiary alicyclic amines) is 1. The molecule has 2 aliphatic rings. The van der Waals surface area contributed by atoms with Crippen LogP contribution in [0.4, 0.5) is 0 Å². The van der Waals surface area contributed by atoms with E-state index in [0.29, 0.717) is 23.8 Å². The molecule has 2 aromatic heterocycles. The Morgan fingerprint density at radius 1 is 1.11 bits per heavy atom. The van der Waals surface area contributed by atoms with Gasteiger partial charge in [-0.15, -0.1) is 0 Å². The summed E-state index contributed by atoms with van der Waals surface area (Å²) in [5, 5.41) is 8.05. The average molecular weight is 367 g/mol. The molecular weight excluding hydrogens is 350 g/mol. The number of aryl methyl sites for hydroxylation is 1. The van der Waals surface area contributed by atoms with Crippen LogP contribution < -0.4 is 9.47 Å². The van der Waals surface area contributed by atoms with Crippen LogP contribution in [0.3, 0.4) is 0 Å². The zero-order valence-corrected chi connectivity index (χ0v) is 14.7. The zero-order valence-electron chi connectivity index (χ0n) is 14.7. The Hall–Kier alpha value is -3.29. The van der Waals surface area contributed by atoms with Gasteiger partial charge in [0.1, 0.15) is 11.5 Å². The van der Waals surface area contributed by atoms with Gasteiger partial charge in [0.2, 0.25) is 6.79 Å². The van der Waals surface area contributed by atoms with Gasteiger partial charge in [0.05, 0.1) is 6.04 Å². The van der Waals surface area contributed by atoms with Crippen molar-refractivity contribution in [3.8, 4) is 22.8 Å². The predicted molar refractivity (Wildman–Crippen MR) is 92.3 cm³/mol. The van der Waals surface area contributed by atoms with Gasteiger partial charge in [-0.3, -0.25) is 4.79 Å². The number of carbonyl (C=O) groups is 1. The van der Waals surface area contributed by atoms with E-state index in [1.54, 1.807) is 11.0 Å². The molecule has 0 spiro atoms. The van der Waals surface area contributed by atoms with Crippen molar-refractivity contribution in [2.45, 2.75) is 25.8 Å². The summed E-state index contributed by atoms with van der Waals surface area (Å²) in [5.41, 5.74) is 1.82. The van der Waals surface area contributed by atoms with Gasteiger partial charge in [-0.2, -0.15) is 0 Å². The molecule has 0 radical (unpaired) electrons. The van der Waals surface area contributed by atoms with Crippen molar-refractivity contribution in [1.82, 2.24) is 15.2 Å². The number of ether oxygens (including phenoxy) is 2. The molecule has 2 aliphatic heterocycles. The lowest BCUT2D eigenvalue weighted by atomic mass is 10.1. The van der Waals surface area contributed by atoms with Gasteiger partial charge in [0, 0.05) is 24.2 Å². The maximum atomic E-state index is 13.0. The molecule has 4 heterocycles. The number of nitrogens with zero attached hydrogens (tertiary/aromatic N) is 3. The van der Waals surface area contributed by atoms with Gasteiger partial charge in [-0.1, -0.05) is 10.3 Å². The minimum atomic E-state index is -0.172. The van der Waals surface area contributed by atoms with Crippen LogP contribution in [0.15, 0.2) is 39.4 Å². The Labute approximate surface area is 154 Å². The summed E-state index contributed by atoms with van der Waals surface area (Å²) in [7, 11) is 0. The van der Waals surface area contributed by atoms with Crippen LogP contribution in [-0.2, 0) is 0 Å². The molecule has 0 aliphatic carbocycles. The van der Waals surface area contributed by atoms with E-state index in [-0.39, 0.29) is 24.4 Å². The van der Waals surface area contributed by atoms with Gasteiger partial charge in [0.15, 0.2) is 23.0 Å².